The van der Waals surface area contributed by atoms with E-state index < -0.39 is 5.97 Å². The lowest BCUT2D eigenvalue weighted by atomic mass is 10.6. The van der Waals surface area contributed by atoms with Crippen LogP contribution in [0.5, 0.6) is 0 Å². The number of aromatic nitrogens is 5. The number of anilines is 1. The first-order valence-corrected chi connectivity index (χ1v) is 5.32. The quantitative estimate of drug-likeness (QED) is 0.776. The molecule has 2 heterocycles. The normalized spacial score (nSPS) is 10.1. The van der Waals surface area contributed by atoms with E-state index in [1.165, 1.54) is 18.1 Å². The van der Waals surface area contributed by atoms with Gasteiger partial charge in [-0.1, -0.05) is 0 Å². The van der Waals surface area contributed by atoms with Crippen molar-refractivity contribution in [1.82, 2.24) is 24.7 Å². The zero-order valence-electron chi connectivity index (χ0n) is 9.99. The average molecular weight is 248 g/mol. The molecule has 2 aromatic rings. The Bertz CT molecular complexity index is 553. The topological polar surface area (TPSA) is 94.8 Å². The molecule has 0 spiro atoms. The Morgan fingerprint density at radius 1 is 1.50 bits per heavy atom. The second kappa shape index (κ2) is 5.21. The number of esters is 1. The first-order valence-electron chi connectivity index (χ1n) is 5.32. The van der Waals surface area contributed by atoms with Gasteiger partial charge in [0.25, 0.3) is 5.82 Å². The van der Waals surface area contributed by atoms with E-state index in [4.69, 9.17) is 0 Å². The lowest BCUT2D eigenvalue weighted by Gasteiger charge is -2.03. The summed E-state index contributed by atoms with van der Waals surface area (Å²) < 4.78 is 5.91. The van der Waals surface area contributed by atoms with E-state index in [9.17, 15) is 4.79 Å². The van der Waals surface area contributed by atoms with E-state index in [1.54, 1.807) is 12.3 Å². The molecule has 2 rings (SSSR count). The largest absolute Gasteiger partial charge is 0.463 e. The predicted molar refractivity (Wildman–Crippen MR) is 62.5 cm³/mol. The van der Waals surface area contributed by atoms with E-state index in [1.807, 2.05) is 6.92 Å². The Morgan fingerprint density at radius 2 is 2.33 bits per heavy atom. The number of hydrogen-bond acceptors (Lipinski definition) is 7. The number of nitrogens with one attached hydrogen (secondary N) is 1. The van der Waals surface area contributed by atoms with Crippen LogP contribution in [-0.2, 0) is 4.74 Å². The van der Waals surface area contributed by atoms with Gasteiger partial charge < -0.3 is 10.1 Å². The van der Waals surface area contributed by atoms with Gasteiger partial charge in [-0.2, -0.15) is 4.98 Å². The molecule has 0 aliphatic carbocycles. The van der Waals surface area contributed by atoms with Crippen molar-refractivity contribution >= 4 is 11.9 Å². The van der Waals surface area contributed by atoms with Crippen LogP contribution in [0.3, 0.4) is 0 Å². The SMILES string of the molecule is CCNc1nccc(-n2cnc(C(=O)OC)n2)n1. The third kappa shape index (κ3) is 2.42. The summed E-state index contributed by atoms with van der Waals surface area (Å²) in [6, 6.07) is 1.66. The Morgan fingerprint density at radius 3 is 3.06 bits per heavy atom. The third-order valence-electron chi connectivity index (χ3n) is 2.07. The lowest BCUT2D eigenvalue weighted by Crippen LogP contribution is -2.07. The number of methoxy groups -OCH3 is 1. The second-order valence-corrected chi connectivity index (χ2v) is 3.27. The average Bonchev–Trinajstić information content (AvgIpc) is 2.88. The molecular formula is C10H12N6O2. The van der Waals surface area contributed by atoms with E-state index in [-0.39, 0.29) is 5.82 Å². The molecule has 0 bridgehead atoms. The van der Waals surface area contributed by atoms with Gasteiger partial charge in [-0.25, -0.2) is 19.4 Å². The number of carbonyl (C=O) groups excluding carboxylic acids is 1. The maximum atomic E-state index is 11.2. The molecule has 8 heteroatoms. The standard InChI is InChI=1S/C10H12N6O2/c1-3-11-10-12-5-4-7(14-10)16-6-13-8(15-16)9(17)18-2/h4-6H,3H2,1-2H3,(H,11,12,14). The number of hydrogen-bond donors (Lipinski definition) is 1. The fourth-order valence-electron chi connectivity index (χ4n) is 1.28. The van der Waals surface area contributed by atoms with Crippen LogP contribution in [0.1, 0.15) is 17.5 Å². The van der Waals surface area contributed by atoms with Gasteiger partial charge >= 0.3 is 5.97 Å². The molecule has 0 saturated carbocycles. The van der Waals surface area contributed by atoms with Crippen LogP contribution < -0.4 is 5.32 Å². The molecular weight excluding hydrogens is 236 g/mol. The van der Waals surface area contributed by atoms with Gasteiger partial charge in [0, 0.05) is 18.8 Å². The minimum atomic E-state index is -0.588. The van der Waals surface area contributed by atoms with Crippen molar-refractivity contribution in [2.24, 2.45) is 0 Å². The van der Waals surface area contributed by atoms with E-state index in [2.05, 4.69) is 30.1 Å². The first kappa shape index (κ1) is 12.0. The van der Waals surface area contributed by atoms with Crippen LogP contribution >= 0.6 is 0 Å². The second-order valence-electron chi connectivity index (χ2n) is 3.27. The zero-order chi connectivity index (χ0) is 13.0. The highest BCUT2D eigenvalue weighted by atomic mass is 16.5. The van der Waals surface area contributed by atoms with E-state index in [0.717, 1.165) is 0 Å². The first-order chi connectivity index (χ1) is 8.74. The highest BCUT2D eigenvalue weighted by molar-refractivity contribution is 5.84. The summed E-state index contributed by atoms with van der Waals surface area (Å²) >= 11 is 0. The van der Waals surface area contributed by atoms with Gasteiger partial charge in [0.1, 0.15) is 6.33 Å². The van der Waals surface area contributed by atoms with Crippen LogP contribution in [0, 0.1) is 0 Å². The maximum absolute atomic E-state index is 11.2. The molecule has 0 aromatic carbocycles. The van der Waals surface area contributed by atoms with Crippen molar-refractivity contribution in [3.05, 3.63) is 24.4 Å². The van der Waals surface area contributed by atoms with Crippen LogP contribution in [0.15, 0.2) is 18.6 Å². The van der Waals surface area contributed by atoms with Gasteiger partial charge in [-0.05, 0) is 6.92 Å². The molecule has 8 nitrogen and oxygen atoms in total. The Balaban J connectivity index is 2.28. The Labute approximate surface area is 103 Å². The van der Waals surface area contributed by atoms with Gasteiger partial charge in [0.2, 0.25) is 5.95 Å². The fourth-order valence-corrected chi connectivity index (χ4v) is 1.28. The molecule has 18 heavy (non-hydrogen) atoms. The number of ether oxygens (including phenoxy) is 1. The predicted octanol–water partition coefficient (Wildman–Crippen LogP) is 0.276. The van der Waals surface area contributed by atoms with Gasteiger partial charge in [-0.15, -0.1) is 5.10 Å². The number of rotatable bonds is 4. The lowest BCUT2D eigenvalue weighted by molar-refractivity contribution is 0.0587. The molecule has 94 valence electrons. The smallest absolute Gasteiger partial charge is 0.377 e. The van der Waals surface area contributed by atoms with Crippen molar-refractivity contribution in [1.29, 1.82) is 0 Å². The summed E-state index contributed by atoms with van der Waals surface area (Å²) in [7, 11) is 1.27. The molecule has 0 aliphatic rings. The summed E-state index contributed by atoms with van der Waals surface area (Å²) in [5.41, 5.74) is 0. The molecule has 0 saturated heterocycles. The van der Waals surface area contributed by atoms with Gasteiger partial charge in [0.05, 0.1) is 7.11 Å². The molecule has 0 amide bonds. The summed E-state index contributed by atoms with van der Waals surface area (Å²) in [4.78, 5) is 23.3. The Hall–Kier alpha value is -2.51. The minimum Gasteiger partial charge on any atom is -0.463 e. The molecule has 0 aliphatic heterocycles. The highest BCUT2D eigenvalue weighted by Crippen LogP contribution is 2.05. The summed E-state index contributed by atoms with van der Waals surface area (Å²) in [6.07, 6.45) is 2.99. The fraction of sp³-hybridized carbons (Fsp3) is 0.300. The van der Waals surface area contributed by atoms with Crippen LogP contribution in [0.2, 0.25) is 0 Å². The van der Waals surface area contributed by atoms with Gasteiger partial charge in [0.15, 0.2) is 5.82 Å². The van der Waals surface area contributed by atoms with Gasteiger partial charge in [-0.3, -0.25) is 0 Å². The van der Waals surface area contributed by atoms with E-state index >= 15 is 0 Å². The minimum absolute atomic E-state index is 0.0129. The summed E-state index contributed by atoms with van der Waals surface area (Å²) in [6.45, 7) is 2.66. The molecule has 1 N–H and O–H groups in total. The molecule has 2 aromatic heterocycles. The van der Waals surface area contributed by atoms with Crippen molar-refractivity contribution < 1.29 is 9.53 Å². The van der Waals surface area contributed by atoms with Crippen LogP contribution in [0.4, 0.5) is 5.95 Å². The summed E-state index contributed by atoms with van der Waals surface area (Å²) in [5.74, 6) is 0.407. The molecule has 0 radical (unpaired) electrons. The van der Waals surface area contributed by atoms with Crippen molar-refractivity contribution in [2.45, 2.75) is 6.92 Å². The monoisotopic (exact) mass is 248 g/mol. The zero-order valence-corrected chi connectivity index (χ0v) is 9.99. The van der Waals surface area contributed by atoms with Crippen LogP contribution in [0.25, 0.3) is 5.82 Å². The third-order valence-corrected chi connectivity index (χ3v) is 2.07. The molecule has 0 fully saturated rings. The molecule has 0 atom stereocenters. The van der Waals surface area contributed by atoms with Crippen molar-refractivity contribution in [2.75, 3.05) is 19.0 Å². The maximum Gasteiger partial charge on any atom is 0.377 e. The molecule has 0 unspecified atom stereocenters. The number of nitrogens with zero attached hydrogens (tertiary/aromatic N) is 5. The Kier molecular flexibility index (Phi) is 3.46. The van der Waals surface area contributed by atoms with Crippen LogP contribution in [-0.4, -0.2) is 44.4 Å². The highest BCUT2D eigenvalue weighted by Gasteiger charge is 2.12. The van der Waals surface area contributed by atoms with E-state index in [0.29, 0.717) is 18.3 Å². The van der Waals surface area contributed by atoms with Crippen molar-refractivity contribution in [3.8, 4) is 5.82 Å². The number of carbonyl (C=O) groups is 1. The summed E-state index contributed by atoms with van der Waals surface area (Å²) in [5, 5.41) is 6.95. The van der Waals surface area contributed by atoms with Crippen molar-refractivity contribution in [3.63, 3.8) is 0 Å².